The molecule has 0 aliphatic heterocycles. The fourth-order valence-electron chi connectivity index (χ4n) is 1.56. The van der Waals surface area contributed by atoms with Crippen LogP contribution in [0.25, 0.3) is 0 Å². The van der Waals surface area contributed by atoms with E-state index in [0.717, 1.165) is 18.5 Å². The molecule has 0 saturated heterocycles. The number of rotatable bonds is 3. The van der Waals surface area contributed by atoms with Gasteiger partial charge in [0.1, 0.15) is 5.69 Å². The molecular formula is C13H20N4O. The topological polar surface area (TPSA) is 66.9 Å². The van der Waals surface area contributed by atoms with Crippen LogP contribution >= 0.6 is 0 Å². The van der Waals surface area contributed by atoms with Crippen LogP contribution in [0.1, 0.15) is 49.8 Å². The molecule has 2 N–H and O–H groups in total. The Morgan fingerprint density at radius 3 is 2.56 bits per heavy atom. The van der Waals surface area contributed by atoms with Crippen LogP contribution in [0.4, 0.5) is 5.95 Å². The summed E-state index contributed by atoms with van der Waals surface area (Å²) in [6.07, 6.45) is 2.31. The molecule has 5 nitrogen and oxygen atoms in total. The Balaban J connectivity index is 2.15. The summed E-state index contributed by atoms with van der Waals surface area (Å²) in [5.41, 5.74) is 0.952. The number of aromatic nitrogens is 2. The van der Waals surface area contributed by atoms with Gasteiger partial charge < -0.3 is 10.6 Å². The molecule has 2 rings (SSSR count). The van der Waals surface area contributed by atoms with Gasteiger partial charge in [0, 0.05) is 17.3 Å². The molecule has 0 spiro atoms. The van der Waals surface area contributed by atoms with E-state index in [1.54, 1.807) is 6.07 Å². The fraction of sp³-hybridized carbons (Fsp3) is 0.615. The Morgan fingerprint density at radius 2 is 2.00 bits per heavy atom. The van der Waals surface area contributed by atoms with Gasteiger partial charge >= 0.3 is 0 Å². The molecule has 1 aliphatic rings. The molecule has 98 valence electrons. The molecule has 0 aromatic carbocycles. The number of carbonyl (C=O) groups excluding carboxylic acids is 1. The average Bonchev–Trinajstić information content (AvgIpc) is 2.98. The van der Waals surface area contributed by atoms with Gasteiger partial charge in [-0.15, -0.1) is 0 Å². The van der Waals surface area contributed by atoms with Crippen molar-refractivity contribution in [1.82, 2.24) is 15.3 Å². The highest BCUT2D eigenvalue weighted by molar-refractivity contribution is 5.93. The van der Waals surface area contributed by atoms with Crippen LogP contribution in [0.3, 0.4) is 0 Å². The van der Waals surface area contributed by atoms with E-state index in [1.165, 1.54) is 0 Å². The number of carbonyl (C=O) groups is 1. The van der Waals surface area contributed by atoms with E-state index in [2.05, 4.69) is 20.6 Å². The van der Waals surface area contributed by atoms with Crippen LogP contribution in [-0.2, 0) is 0 Å². The minimum Gasteiger partial charge on any atom is -0.351 e. The lowest BCUT2D eigenvalue weighted by molar-refractivity contribution is 0.0914. The van der Waals surface area contributed by atoms with Crippen molar-refractivity contribution in [3.8, 4) is 0 Å². The highest BCUT2D eigenvalue weighted by Crippen LogP contribution is 2.23. The van der Waals surface area contributed by atoms with Crippen molar-refractivity contribution in [1.29, 1.82) is 0 Å². The fourth-order valence-corrected chi connectivity index (χ4v) is 1.56. The summed E-state index contributed by atoms with van der Waals surface area (Å²) < 4.78 is 0. The first-order valence-corrected chi connectivity index (χ1v) is 6.28. The van der Waals surface area contributed by atoms with Crippen LogP contribution in [0, 0.1) is 6.92 Å². The molecule has 1 heterocycles. The average molecular weight is 248 g/mol. The van der Waals surface area contributed by atoms with E-state index in [4.69, 9.17) is 0 Å². The van der Waals surface area contributed by atoms with Crippen molar-refractivity contribution in [2.45, 2.75) is 52.1 Å². The van der Waals surface area contributed by atoms with Gasteiger partial charge in [0.25, 0.3) is 5.91 Å². The van der Waals surface area contributed by atoms with E-state index in [-0.39, 0.29) is 11.4 Å². The molecule has 1 amide bonds. The van der Waals surface area contributed by atoms with Crippen LogP contribution in [0.2, 0.25) is 0 Å². The van der Waals surface area contributed by atoms with Crippen molar-refractivity contribution in [2.75, 3.05) is 5.32 Å². The minimum atomic E-state index is -0.264. The third-order valence-electron chi connectivity index (χ3n) is 2.49. The molecule has 1 aromatic rings. The van der Waals surface area contributed by atoms with Crippen LogP contribution in [-0.4, -0.2) is 27.5 Å². The van der Waals surface area contributed by atoms with Gasteiger partial charge in [-0.3, -0.25) is 4.79 Å². The van der Waals surface area contributed by atoms with Gasteiger partial charge in [0.15, 0.2) is 0 Å². The zero-order valence-corrected chi connectivity index (χ0v) is 11.4. The van der Waals surface area contributed by atoms with E-state index >= 15 is 0 Å². The SMILES string of the molecule is Cc1cc(C(=O)NC(C)(C)C)nc(NC2CC2)n1. The quantitative estimate of drug-likeness (QED) is 0.857. The van der Waals surface area contributed by atoms with Gasteiger partial charge in [0.05, 0.1) is 0 Å². The van der Waals surface area contributed by atoms with Crippen molar-refractivity contribution in [3.05, 3.63) is 17.5 Å². The molecule has 0 radical (unpaired) electrons. The smallest absolute Gasteiger partial charge is 0.270 e. The van der Waals surface area contributed by atoms with Crippen LogP contribution in [0.15, 0.2) is 6.07 Å². The first-order chi connectivity index (χ1) is 8.33. The molecule has 1 fully saturated rings. The number of nitrogens with one attached hydrogen (secondary N) is 2. The Kier molecular flexibility index (Phi) is 3.24. The zero-order chi connectivity index (χ0) is 13.3. The lowest BCUT2D eigenvalue weighted by atomic mass is 10.1. The summed E-state index contributed by atoms with van der Waals surface area (Å²) in [6, 6.07) is 2.18. The second-order valence-electron chi connectivity index (χ2n) is 5.84. The number of anilines is 1. The number of nitrogens with zero attached hydrogens (tertiary/aromatic N) is 2. The van der Waals surface area contributed by atoms with Crippen molar-refractivity contribution < 1.29 is 4.79 Å². The summed E-state index contributed by atoms with van der Waals surface area (Å²) in [4.78, 5) is 20.6. The summed E-state index contributed by atoms with van der Waals surface area (Å²) in [5, 5.41) is 6.11. The molecule has 1 aromatic heterocycles. The van der Waals surface area contributed by atoms with Crippen molar-refractivity contribution in [2.24, 2.45) is 0 Å². The van der Waals surface area contributed by atoms with Gasteiger partial charge in [0.2, 0.25) is 5.95 Å². The standard InChI is InChI=1S/C13H20N4O/c1-8-7-10(11(18)17-13(2,3)4)16-12(14-8)15-9-5-6-9/h7,9H,5-6H2,1-4H3,(H,17,18)(H,14,15,16). The highest BCUT2D eigenvalue weighted by Gasteiger charge is 2.23. The van der Waals surface area contributed by atoms with Crippen LogP contribution in [0.5, 0.6) is 0 Å². The summed E-state index contributed by atoms with van der Waals surface area (Å²) in [6.45, 7) is 7.71. The number of amides is 1. The second-order valence-corrected chi connectivity index (χ2v) is 5.84. The maximum atomic E-state index is 12.0. The maximum Gasteiger partial charge on any atom is 0.270 e. The Hall–Kier alpha value is -1.65. The van der Waals surface area contributed by atoms with E-state index in [9.17, 15) is 4.79 Å². The van der Waals surface area contributed by atoms with Crippen molar-refractivity contribution >= 4 is 11.9 Å². The molecular weight excluding hydrogens is 228 g/mol. The Labute approximate surface area is 107 Å². The molecule has 18 heavy (non-hydrogen) atoms. The lowest BCUT2D eigenvalue weighted by Crippen LogP contribution is -2.41. The summed E-state index contributed by atoms with van der Waals surface area (Å²) in [5.74, 6) is 0.392. The monoisotopic (exact) mass is 248 g/mol. The van der Waals surface area contributed by atoms with Gasteiger partial charge in [-0.2, -0.15) is 0 Å². The van der Waals surface area contributed by atoms with Gasteiger partial charge in [-0.1, -0.05) is 0 Å². The normalized spacial score (nSPS) is 15.3. The molecule has 5 heteroatoms. The molecule has 1 aliphatic carbocycles. The number of aryl methyl sites for hydroxylation is 1. The summed E-state index contributed by atoms with van der Waals surface area (Å²) in [7, 11) is 0. The zero-order valence-electron chi connectivity index (χ0n) is 11.4. The first-order valence-electron chi connectivity index (χ1n) is 6.28. The predicted molar refractivity (Wildman–Crippen MR) is 70.6 cm³/mol. The molecule has 0 atom stereocenters. The highest BCUT2D eigenvalue weighted by atomic mass is 16.2. The lowest BCUT2D eigenvalue weighted by Gasteiger charge is -2.20. The van der Waals surface area contributed by atoms with Gasteiger partial charge in [-0.05, 0) is 46.6 Å². The number of hydrogen-bond acceptors (Lipinski definition) is 4. The van der Waals surface area contributed by atoms with Crippen LogP contribution < -0.4 is 10.6 Å². The summed E-state index contributed by atoms with van der Waals surface area (Å²) >= 11 is 0. The number of hydrogen-bond donors (Lipinski definition) is 2. The molecule has 1 saturated carbocycles. The van der Waals surface area contributed by atoms with E-state index in [0.29, 0.717) is 17.7 Å². The van der Waals surface area contributed by atoms with Gasteiger partial charge in [-0.25, -0.2) is 9.97 Å². The van der Waals surface area contributed by atoms with E-state index < -0.39 is 0 Å². The molecule has 0 bridgehead atoms. The largest absolute Gasteiger partial charge is 0.351 e. The van der Waals surface area contributed by atoms with Crippen molar-refractivity contribution in [3.63, 3.8) is 0 Å². The first kappa shape index (κ1) is 12.8. The Bertz CT molecular complexity index is 461. The Morgan fingerprint density at radius 1 is 1.33 bits per heavy atom. The van der Waals surface area contributed by atoms with E-state index in [1.807, 2.05) is 27.7 Å². The third kappa shape index (κ3) is 3.68. The second kappa shape index (κ2) is 4.55. The molecule has 0 unspecified atom stereocenters. The third-order valence-corrected chi connectivity index (χ3v) is 2.49. The minimum absolute atomic E-state index is 0.160. The maximum absolute atomic E-state index is 12.0. The predicted octanol–water partition coefficient (Wildman–Crippen LogP) is 1.89.